The van der Waals surface area contributed by atoms with Gasteiger partial charge in [0.1, 0.15) is 5.69 Å². The SMILES string of the molecule is CCC(C)(CO)NC(=O)c1ccc(N)cn1. The Bertz CT molecular complexity index is 358. The Morgan fingerprint density at radius 1 is 1.62 bits per heavy atom. The average Bonchev–Trinajstić information content (AvgIpc) is 2.29. The van der Waals surface area contributed by atoms with Crippen LogP contribution in [0.3, 0.4) is 0 Å². The van der Waals surface area contributed by atoms with Crippen LogP contribution in [-0.4, -0.2) is 28.1 Å². The van der Waals surface area contributed by atoms with Crippen molar-refractivity contribution in [3.63, 3.8) is 0 Å². The van der Waals surface area contributed by atoms with Crippen LogP contribution in [0.15, 0.2) is 18.3 Å². The number of aliphatic hydroxyl groups excluding tert-OH is 1. The van der Waals surface area contributed by atoms with Gasteiger partial charge in [0.05, 0.1) is 24.0 Å². The van der Waals surface area contributed by atoms with E-state index in [0.29, 0.717) is 17.8 Å². The van der Waals surface area contributed by atoms with E-state index in [-0.39, 0.29) is 12.5 Å². The van der Waals surface area contributed by atoms with E-state index >= 15 is 0 Å². The van der Waals surface area contributed by atoms with Crippen LogP contribution in [0.1, 0.15) is 30.8 Å². The number of nitrogen functional groups attached to an aromatic ring is 1. The van der Waals surface area contributed by atoms with Crippen molar-refractivity contribution < 1.29 is 9.90 Å². The van der Waals surface area contributed by atoms with Crippen molar-refractivity contribution in [2.24, 2.45) is 0 Å². The summed E-state index contributed by atoms with van der Waals surface area (Å²) in [5, 5.41) is 11.9. The molecule has 0 saturated carbocycles. The standard InChI is InChI=1S/C11H17N3O2/c1-3-11(2,7-15)14-10(16)9-5-4-8(12)6-13-9/h4-6,15H,3,7,12H2,1-2H3,(H,14,16). The van der Waals surface area contributed by atoms with Gasteiger partial charge in [0, 0.05) is 0 Å². The minimum Gasteiger partial charge on any atom is -0.397 e. The van der Waals surface area contributed by atoms with Gasteiger partial charge in [-0.05, 0) is 25.5 Å². The molecule has 0 spiro atoms. The van der Waals surface area contributed by atoms with Crippen molar-refractivity contribution in [2.45, 2.75) is 25.8 Å². The predicted molar refractivity (Wildman–Crippen MR) is 61.9 cm³/mol. The highest BCUT2D eigenvalue weighted by Crippen LogP contribution is 2.09. The molecule has 1 unspecified atom stereocenters. The van der Waals surface area contributed by atoms with E-state index in [0.717, 1.165) is 0 Å². The van der Waals surface area contributed by atoms with Crippen molar-refractivity contribution in [2.75, 3.05) is 12.3 Å². The van der Waals surface area contributed by atoms with Crippen molar-refractivity contribution in [3.8, 4) is 0 Å². The minimum atomic E-state index is -0.611. The highest BCUT2D eigenvalue weighted by atomic mass is 16.3. The van der Waals surface area contributed by atoms with Gasteiger partial charge >= 0.3 is 0 Å². The Kier molecular flexibility index (Phi) is 3.84. The molecule has 5 nitrogen and oxygen atoms in total. The van der Waals surface area contributed by atoms with Gasteiger partial charge in [0.2, 0.25) is 0 Å². The Morgan fingerprint density at radius 2 is 2.31 bits per heavy atom. The number of nitrogens with two attached hydrogens (primary N) is 1. The number of anilines is 1. The molecule has 1 rings (SSSR count). The van der Waals surface area contributed by atoms with E-state index in [2.05, 4.69) is 10.3 Å². The minimum absolute atomic E-state index is 0.107. The maximum Gasteiger partial charge on any atom is 0.270 e. The fourth-order valence-corrected chi connectivity index (χ4v) is 1.12. The molecule has 1 aromatic rings. The van der Waals surface area contributed by atoms with E-state index < -0.39 is 5.54 Å². The summed E-state index contributed by atoms with van der Waals surface area (Å²) in [5.74, 6) is -0.307. The van der Waals surface area contributed by atoms with Gasteiger partial charge in [-0.1, -0.05) is 6.92 Å². The van der Waals surface area contributed by atoms with E-state index in [4.69, 9.17) is 5.73 Å². The number of nitrogens with zero attached hydrogens (tertiary/aromatic N) is 1. The molecule has 0 bridgehead atoms. The lowest BCUT2D eigenvalue weighted by Gasteiger charge is -2.26. The highest BCUT2D eigenvalue weighted by molar-refractivity contribution is 5.92. The van der Waals surface area contributed by atoms with Crippen molar-refractivity contribution >= 4 is 11.6 Å². The first kappa shape index (κ1) is 12.4. The molecule has 16 heavy (non-hydrogen) atoms. The van der Waals surface area contributed by atoms with Crippen molar-refractivity contribution in [1.82, 2.24) is 10.3 Å². The van der Waals surface area contributed by atoms with Crippen LogP contribution < -0.4 is 11.1 Å². The number of pyridine rings is 1. The van der Waals surface area contributed by atoms with E-state index in [1.165, 1.54) is 6.20 Å². The van der Waals surface area contributed by atoms with Crippen LogP contribution in [0, 0.1) is 0 Å². The van der Waals surface area contributed by atoms with E-state index in [1.54, 1.807) is 19.1 Å². The normalized spacial score (nSPS) is 14.2. The molecule has 1 atom stereocenters. The second-order valence-corrected chi connectivity index (χ2v) is 4.00. The average molecular weight is 223 g/mol. The summed E-state index contributed by atoms with van der Waals surface area (Å²) < 4.78 is 0. The summed E-state index contributed by atoms with van der Waals surface area (Å²) in [6.45, 7) is 3.57. The summed E-state index contributed by atoms with van der Waals surface area (Å²) in [5.41, 5.74) is 5.67. The van der Waals surface area contributed by atoms with Crippen LogP contribution in [0.2, 0.25) is 0 Å². The highest BCUT2D eigenvalue weighted by Gasteiger charge is 2.24. The lowest BCUT2D eigenvalue weighted by Crippen LogP contribution is -2.48. The number of hydrogen-bond donors (Lipinski definition) is 3. The molecule has 1 heterocycles. The topological polar surface area (TPSA) is 88.2 Å². The number of carbonyl (C=O) groups excluding carboxylic acids is 1. The van der Waals surface area contributed by atoms with Gasteiger partial charge in [-0.2, -0.15) is 0 Å². The molecule has 0 fully saturated rings. The first-order valence-electron chi connectivity index (χ1n) is 5.15. The lowest BCUT2D eigenvalue weighted by molar-refractivity contribution is 0.0842. The zero-order valence-corrected chi connectivity index (χ0v) is 9.53. The van der Waals surface area contributed by atoms with Gasteiger partial charge in [0.15, 0.2) is 0 Å². The molecule has 0 saturated heterocycles. The molecule has 5 heteroatoms. The third kappa shape index (κ3) is 2.93. The number of amides is 1. The third-order valence-electron chi connectivity index (χ3n) is 2.56. The zero-order chi connectivity index (χ0) is 12.2. The number of aliphatic hydroxyl groups is 1. The number of carbonyl (C=O) groups is 1. The largest absolute Gasteiger partial charge is 0.397 e. The van der Waals surface area contributed by atoms with Gasteiger partial charge in [-0.25, -0.2) is 4.98 Å². The van der Waals surface area contributed by atoms with Crippen LogP contribution in [0.4, 0.5) is 5.69 Å². The van der Waals surface area contributed by atoms with Gasteiger partial charge in [-0.3, -0.25) is 4.79 Å². The second kappa shape index (κ2) is 4.94. The molecule has 1 amide bonds. The molecular weight excluding hydrogens is 206 g/mol. The quantitative estimate of drug-likeness (QED) is 0.695. The zero-order valence-electron chi connectivity index (χ0n) is 9.53. The summed E-state index contributed by atoms with van der Waals surface area (Å²) >= 11 is 0. The van der Waals surface area contributed by atoms with Crippen LogP contribution in [0.25, 0.3) is 0 Å². The summed E-state index contributed by atoms with van der Waals surface area (Å²) in [6.07, 6.45) is 2.07. The number of nitrogens with one attached hydrogen (secondary N) is 1. The monoisotopic (exact) mass is 223 g/mol. The maximum absolute atomic E-state index is 11.8. The van der Waals surface area contributed by atoms with Crippen LogP contribution in [0.5, 0.6) is 0 Å². The Labute approximate surface area is 94.7 Å². The molecule has 88 valence electrons. The lowest BCUT2D eigenvalue weighted by atomic mass is 10.00. The predicted octanol–water partition coefficient (Wildman–Crippen LogP) is 0.555. The maximum atomic E-state index is 11.8. The molecule has 4 N–H and O–H groups in total. The van der Waals surface area contributed by atoms with Crippen LogP contribution >= 0.6 is 0 Å². The number of aromatic nitrogens is 1. The Balaban J connectivity index is 2.76. The van der Waals surface area contributed by atoms with Crippen molar-refractivity contribution in [3.05, 3.63) is 24.0 Å². The summed E-state index contributed by atoms with van der Waals surface area (Å²) in [6, 6.07) is 3.17. The van der Waals surface area contributed by atoms with E-state index in [9.17, 15) is 9.90 Å². The smallest absolute Gasteiger partial charge is 0.270 e. The van der Waals surface area contributed by atoms with Crippen LogP contribution in [-0.2, 0) is 0 Å². The fraction of sp³-hybridized carbons (Fsp3) is 0.455. The molecule has 0 aliphatic carbocycles. The summed E-state index contributed by atoms with van der Waals surface area (Å²) in [4.78, 5) is 15.7. The fourth-order valence-electron chi connectivity index (χ4n) is 1.12. The second-order valence-electron chi connectivity index (χ2n) is 4.00. The van der Waals surface area contributed by atoms with Gasteiger partial charge in [-0.15, -0.1) is 0 Å². The van der Waals surface area contributed by atoms with Gasteiger partial charge in [0.25, 0.3) is 5.91 Å². The molecule has 0 aliphatic rings. The Hall–Kier alpha value is -1.62. The molecule has 1 aromatic heterocycles. The first-order valence-corrected chi connectivity index (χ1v) is 5.15. The summed E-state index contributed by atoms with van der Waals surface area (Å²) in [7, 11) is 0. The molecule has 0 aromatic carbocycles. The third-order valence-corrected chi connectivity index (χ3v) is 2.56. The molecule has 0 radical (unpaired) electrons. The van der Waals surface area contributed by atoms with Crippen molar-refractivity contribution in [1.29, 1.82) is 0 Å². The molecular formula is C11H17N3O2. The van der Waals surface area contributed by atoms with Gasteiger partial charge < -0.3 is 16.2 Å². The first-order chi connectivity index (χ1) is 7.50. The number of hydrogen-bond acceptors (Lipinski definition) is 4. The molecule has 0 aliphatic heterocycles. The number of rotatable bonds is 4. The van der Waals surface area contributed by atoms with E-state index in [1.807, 2.05) is 6.92 Å². The Morgan fingerprint density at radius 3 is 2.75 bits per heavy atom.